The van der Waals surface area contributed by atoms with E-state index in [0.717, 1.165) is 21.9 Å². The quantitative estimate of drug-likeness (QED) is 0.331. The molecule has 2 atom stereocenters. The van der Waals surface area contributed by atoms with Crippen LogP contribution in [0.4, 0.5) is 0 Å². The van der Waals surface area contributed by atoms with Gasteiger partial charge in [0.1, 0.15) is 5.75 Å². The second-order valence-corrected chi connectivity index (χ2v) is 13.3. The van der Waals surface area contributed by atoms with Crippen LogP contribution in [0.2, 0.25) is 19.6 Å². The van der Waals surface area contributed by atoms with Crippen LogP contribution in [0, 0.1) is 5.41 Å². The highest BCUT2D eigenvalue weighted by Crippen LogP contribution is 2.67. The summed E-state index contributed by atoms with van der Waals surface area (Å²) in [7, 11) is -2.08. The van der Waals surface area contributed by atoms with Gasteiger partial charge in [0.05, 0.1) is 14.7 Å². The number of carbonyl (C=O) groups excluding carboxylic acids is 2. The molecule has 0 amide bonds. The number of carbonyl (C=O) groups is 2. The Balaban J connectivity index is 2.07. The van der Waals surface area contributed by atoms with Gasteiger partial charge in [0, 0.05) is 11.5 Å². The fourth-order valence-electron chi connectivity index (χ4n) is 4.71. The smallest absolute Gasteiger partial charge is 0.333 e. The molecule has 1 heterocycles. The lowest BCUT2D eigenvalue weighted by molar-refractivity contribution is -0.167. The zero-order valence-corrected chi connectivity index (χ0v) is 17.6. The second-order valence-electron chi connectivity index (χ2n) is 8.29. The molecule has 1 aliphatic heterocycles. The summed E-state index contributed by atoms with van der Waals surface area (Å²) in [5.41, 5.74) is 1.63. The number of hydrogen-bond donors (Lipinski definition) is 0. The molecule has 4 rings (SSSR count). The summed E-state index contributed by atoms with van der Waals surface area (Å²) in [6.45, 7) is 8.48. The van der Waals surface area contributed by atoms with Crippen LogP contribution in [-0.2, 0) is 14.3 Å². The van der Waals surface area contributed by atoms with E-state index in [1.165, 1.54) is 0 Å². The lowest BCUT2D eigenvalue weighted by atomic mass is 9.56. The van der Waals surface area contributed by atoms with Crippen LogP contribution in [0.25, 0.3) is 5.57 Å². The first-order chi connectivity index (χ1) is 13.3. The van der Waals surface area contributed by atoms with Crippen molar-refractivity contribution in [2.24, 2.45) is 5.41 Å². The number of rotatable bonds is 4. The molecule has 0 radical (unpaired) electrons. The maximum Gasteiger partial charge on any atom is 0.333 e. The zero-order chi connectivity index (χ0) is 20.1. The molecular weight excluding hydrogens is 368 g/mol. The lowest BCUT2D eigenvalue weighted by Crippen LogP contribution is -2.62. The molecule has 0 N–H and O–H groups in total. The molecule has 0 fully saturated rings. The average molecular weight is 393 g/mol. The molecule has 4 nitrogen and oxygen atoms in total. The number of fused-ring (bicyclic) bond motifs is 3. The summed E-state index contributed by atoms with van der Waals surface area (Å²) >= 11 is 0. The summed E-state index contributed by atoms with van der Waals surface area (Å²) in [5.74, 6) is -0.850. The summed E-state index contributed by atoms with van der Waals surface area (Å²) in [6, 6.07) is 17.5. The Bertz CT molecular complexity index is 987. The maximum absolute atomic E-state index is 13.4. The van der Waals surface area contributed by atoms with Crippen LogP contribution in [0.3, 0.4) is 0 Å². The molecule has 2 aromatic carbocycles. The predicted molar refractivity (Wildman–Crippen MR) is 111 cm³/mol. The SMILES string of the molecule is CCOC(=O)C12C(=O)Oc3ccccc3C1C(c1ccccc1)=C2[Si](C)(C)C. The Labute approximate surface area is 166 Å². The third kappa shape index (κ3) is 2.42. The molecule has 0 saturated carbocycles. The van der Waals surface area contributed by atoms with Crippen LogP contribution < -0.4 is 4.74 Å². The molecule has 0 saturated heterocycles. The van der Waals surface area contributed by atoms with Crippen LogP contribution in [0.5, 0.6) is 5.75 Å². The topological polar surface area (TPSA) is 52.6 Å². The van der Waals surface area contributed by atoms with E-state index in [1.54, 1.807) is 13.0 Å². The Morgan fingerprint density at radius 1 is 1.07 bits per heavy atom. The van der Waals surface area contributed by atoms with Gasteiger partial charge in [-0.2, -0.15) is 0 Å². The fourth-order valence-corrected chi connectivity index (χ4v) is 7.34. The maximum atomic E-state index is 13.4. The number of benzene rings is 2. The standard InChI is InChI=1S/C23H24O4Si/c1-5-26-21(24)23-19(16-13-9-10-14-17(16)27-22(23)25)18(20(23)28(2,3)4)15-11-7-6-8-12-15/h6-14,19H,5H2,1-4H3. The van der Waals surface area contributed by atoms with Gasteiger partial charge in [0.2, 0.25) is 0 Å². The molecule has 28 heavy (non-hydrogen) atoms. The van der Waals surface area contributed by atoms with Gasteiger partial charge in [-0.15, -0.1) is 0 Å². The monoisotopic (exact) mass is 392 g/mol. The van der Waals surface area contributed by atoms with Crippen LogP contribution in [0.1, 0.15) is 24.0 Å². The first-order valence-electron chi connectivity index (χ1n) is 9.62. The minimum Gasteiger partial charge on any atom is -0.465 e. The van der Waals surface area contributed by atoms with Crippen molar-refractivity contribution in [1.82, 2.24) is 0 Å². The van der Waals surface area contributed by atoms with Gasteiger partial charge in [0.15, 0.2) is 5.41 Å². The Kier molecular flexibility index (Phi) is 4.30. The molecule has 144 valence electrons. The predicted octanol–water partition coefficient (Wildman–Crippen LogP) is 4.58. The van der Waals surface area contributed by atoms with E-state index in [4.69, 9.17) is 9.47 Å². The van der Waals surface area contributed by atoms with E-state index in [2.05, 4.69) is 19.6 Å². The number of ether oxygens (including phenoxy) is 2. The summed E-state index contributed by atoms with van der Waals surface area (Å²) in [6.07, 6.45) is 0. The Hall–Kier alpha value is -2.66. The third-order valence-electron chi connectivity index (χ3n) is 5.57. The van der Waals surface area contributed by atoms with Crippen LogP contribution >= 0.6 is 0 Å². The normalized spacial score (nSPS) is 23.3. The molecule has 5 heteroatoms. The van der Waals surface area contributed by atoms with Crippen molar-refractivity contribution in [2.45, 2.75) is 32.5 Å². The highest BCUT2D eigenvalue weighted by molar-refractivity contribution is 6.85. The summed E-state index contributed by atoms with van der Waals surface area (Å²) in [5, 5.41) is 0.925. The second kappa shape index (κ2) is 6.45. The van der Waals surface area contributed by atoms with Crippen molar-refractivity contribution in [1.29, 1.82) is 0 Å². The van der Waals surface area contributed by atoms with E-state index >= 15 is 0 Å². The van der Waals surface area contributed by atoms with E-state index in [-0.39, 0.29) is 12.5 Å². The van der Waals surface area contributed by atoms with Crippen molar-refractivity contribution in [2.75, 3.05) is 6.61 Å². The summed E-state index contributed by atoms with van der Waals surface area (Å²) < 4.78 is 11.1. The van der Waals surface area contributed by atoms with Crippen LogP contribution in [-0.4, -0.2) is 26.6 Å². The number of hydrogen-bond acceptors (Lipinski definition) is 4. The lowest BCUT2D eigenvalue weighted by Gasteiger charge is -2.55. The van der Waals surface area contributed by atoms with E-state index in [0.29, 0.717) is 5.75 Å². The van der Waals surface area contributed by atoms with Gasteiger partial charge >= 0.3 is 11.9 Å². The average Bonchev–Trinajstić information content (AvgIpc) is 2.62. The van der Waals surface area contributed by atoms with Gasteiger partial charge in [-0.1, -0.05) is 68.2 Å². The van der Waals surface area contributed by atoms with Gasteiger partial charge in [-0.25, -0.2) is 0 Å². The number of allylic oxidation sites excluding steroid dienone is 1. The molecule has 2 aromatic rings. The first kappa shape index (κ1) is 18.7. The minimum absolute atomic E-state index is 0.224. The van der Waals surface area contributed by atoms with Crippen molar-refractivity contribution in [3.63, 3.8) is 0 Å². The Morgan fingerprint density at radius 3 is 2.36 bits per heavy atom. The molecule has 0 bridgehead atoms. The Morgan fingerprint density at radius 2 is 1.71 bits per heavy atom. The third-order valence-corrected chi connectivity index (χ3v) is 7.74. The highest BCUT2D eigenvalue weighted by atomic mass is 28.3. The molecule has 2 unspecified atom stereocenters. The first-order valence-corrected chi connectivity index (χ1v) is 13.1. The van der Waals surface area contributed by atoms with E-state index < -0.39 is 25.4 Å². The highest BCUT2D eigenvalue weighted by Gasteiger charge is 2.70. The van der Waals surface area contributed by atoms with Gasteiger partial charge < -0.3 is 9.47 Å². The fraction of sp³-hybridized carbons (Fsp3) is 0.304. The van der Waals surface area contributed by atoms with Gasteiger partial charge in [0.25, 0.3) is 0 Å². The zero-order valence-electron chi connectivity index (χ0n) is 16.6. The molecular formula is C23H24O4Si. The van der Waals surface area contributed by atoms with Crippen molar-refractivity contribution >= 4 is 25.6 Å². The number of para-hydroxylation sites is 1. The number of esters is 2. The van der Waals surface area contributed by atoms with E-state index in [9.17, 15) is 9.59 Å². The van der Waals surface area contributed by atoms with E-state index in [1.807, 2.05) is 48.5 Å². The van der Waals surface area contributed by atoms with Crippen molar-refractivity contribution < 1.29 is 19.1 Å². The minimum atomic E-state index is -2.08. The largest absolute Gasteiger partial charge is 0.465 e. The van der Waals surface area contributed by atoms with Gasteiger partial charge in [-0.05, 0) is 29.3 Å². The molecule has 2 aliphatic rings. The van der Waals surface area contributed by atoms with Crippen LogP contribution in [0.15, 0.2) is 59.8 Å². The van der Waals surface area contributed by atoms with Gasteiger partial charge in [-0.3, -0.25) is 9.59 Å². The van der Waals surface area contributed by atoms with Crippen molar-refractivity contribution in [3.8, 4) is 5.75 Å². The molecule has 0 spiro atoms. The van der Waals surface area contributed by atoms with Crippen molar-refractivity contribution in [3.05, 3.63) is 70.9 Å². The summed E-state index contributed by atoms with van der Waals surface area (Å²) in [4.78, 5) is 26.7. The molecule has 0 aromatic heterocycles. The molecule has 1 aliphatic carbocycles.